The molecule has 3 rings (SSSR count). The SMILES string of the molecule is CN(Cc1ccccc1)Cc1nnc2n1CCC2. The van der Waals surface area contributed by atoms with Crippen LogP contribution in [0.4, 0.5) is 0 Å². The van der Waals surface area contributed by atoms with Crippen LogP contribution in [0.15, 0.2) is 30.3 Å². The number of hydrogen-bond acceptors (Lipinski definition) is 3. The summed E-state index contributed by atoms with van der Waals surface area (Å²) >= 11 is 0. The minimum atomic E-state index is 0.863. The molecule has 1 aliphatic rings. The molecule has 0 aliphatic carbocycles. The van der Waals surface area contributed by atoms with E-state index >= 15 is 0 Å². The summed E-state index contributed by atoms with van der Waals surface area (Å²) in [5.41, 5.74) is 1.33. The summed E-state index contributed by atoms with van der Waals surface area (Å²) in [6, 6.07) is 10.5. The van der Waals surface area contributed by atoms with E-state index in [2.05, 4.69) is 57.0 Å². The first kappa shape index (κ1) is 11.4. The Labute approximate surface area is 107 Å². The highest BCUT2D eigenvalue weighted by Gasteiger charge is 2.17. The quantitative estimate of drug-likeness (QED) is 0.820. The Morgan fingerprint density at radius 2 is 2.00 bits per heavy atom. The van der Waals surface area contributed by atoms with Gasteiger partial charge in [0, 0.05) is 19.5 Å². The van der Waals surface area contributed by atoms with Crippen molar-refractivity contribution >= 4 is 0 Å². The van der Waals surface area contributed by atoms with Crippen LogP contribution < -0.4 is 0 Å². The fraction of sp³-hybridized carbons (Fsp3) is 0.429. The van der Waals surface area contributed by atoms with Crippen molar-refractivity contribution in [3.8, 4) is 0 Å². The molecule has 18 heavy (non-hydrogen) atoms. The third kappa shape index (κ3) is 2.29. The molecule has 1 aliphatic heterocycles. The van der Waals surface area contributed by atoms with E-state index in [-0.39, 0.29) is 0 Å². The van der Waals surface area contributed by atoms with Crippen molar-refractivity contribution < 1.29 is 0 Å². The van der Waals surface area contributed by atoms with Crippen LogP contribution in [0.25, 0.3) is 0 Å². The molecular weight excluding hydrogens is 224 g/mol. The van der Waals surface area contributed by atoms with Crippen molar-refractivity contribution in [1.29, 1.82) is 0 Å². The normalized spacial score (nSPS) is 14.1. The maximum absolute atomic E-state index is 4.29. The highest BCUT2D eigenvalue weighted by molar-refractivity contribution is 5.14. The van der Waals surface area contributed by atoms with Gasteiger partial charge in [0.15, 0.2) is 0 Å². The van der Waals surface area contributed by atoms with E-state index in [9.17, 15) is 0 Å². The first-order valence-electron chi connectivity index (χ1n) is 6.46. The third-order valence-electron chi connectivity index (χ3n) is 3.39. The van der Waals surface area contributed by atoms with Gasteiger partial charge in [0.1, 0.15) is 11.6 Å². The molecule has 0 spiro atoms. The molecule has 0 saturated heterocycles. The molecule has 0 radical (unpaired) electrons. The summed E-state index contributed by atoms with van der Waals surface area (Å²) in [5, 5.41) is 8.53. The fourth-order valence-electron chi connectivity index (χ4n) is 2.52. The maximum atomic E-state index is 4.29. The summed E-state index contributed by atoms with van der Waals surface area (Å²) in [6.45, 7) is 2.89. The molecule has 4 nitrogen and oxygen atoms in total. The van der Waals surface area contributed by atoms with Crippen molar-refractivity contribution in [2.75, 3.05) is 7.05 Å². The molecule has 0 amide bonds. The number of nitrogens with zero attached hydrogens (tertiary/aromatic N) is 4. The number of aromatic nitrogens is 3. The Hall–Kier alpha value is -1.68. The Morgan fingerprint density at radius 3 is 2.83 bits per heavy atom. The number of benzene rings is 1. The van der Waals surface area contributed by atoms with Crippen molar-refractivity contribution in [3.63, 3.8) is 0 Å². The number of fused-ring (bicyclic) bond motifs is 1. The van der Waals surface area contributed by atoms with Crippen LogP contribution in [-0.4, -0.2) is 26.7 Å². The second kappa shape index (κ2) is 4.90. The molecule has 94 valence electrons. The molecule has 1 aromatic carbocycles. The van der Waals surface area contributed by atoms with Gasteiger partial charge in [-0.05, 0) is 19.0 Å². The highest BCUT2D eigenvalue weighted by atomic mass is 15.3. The van der Waals surface area contributed by atoms with Crippen LogP contribution in [0.1, 0.15) is 23.6 Å². The van der Waals surface area contributed by atoms with Crippen LogP contribution in [-0.2, 0) is 26.1 Å². The zero-order chi connectivity index (χ0) is 12.4. The molecule has 0 fully saturated rings. The molecule has 0 atom stereocenters. The van der Waals surface area contributed by atoms with E-state index in [0.717, 1.165) is 37.7 Å². The topological polar surface area (TPSA) is 34.0 Å². The van der Waals surface area contributed by atoms with Gasteiger partial charge >= 0.3 is 0 Å². The van der Waals surface area contributed by atoms with Gasteiger partial charge in [0.05, 0.1) is 6.54 Å². The van der Waals surface area contributed by atoms with Crippen LogP contribution >= 0.6 is 0 Å². The summed E-state index contributed by atoms with van der Waals surface area (Å²) in [5.74, 6) is 2.25. The van der Waals surface area contributed by atoms with Gasteiger partial charge in [0.25, 0.3) is 0 Å². The summed E-state index contributed by atoms with van der Waals surface area (Å²) in [4.78, 5) is 2.28. The van der Waals surface area contributed by atoms with Crippen molar-refractivity contribution in [3.05, 3.63) is 47.5 Å². The molecule has 0 saturated carbocycles. The molecule has 0 N–H and O–H groups in total. The Balaban J connectivity index is 1.66. The maximum Gasteiger partial charge on any atom is 0.147 e. The molecule has 4 heteroatoms. The first-order valence-corrected chi connectivity index (χ1v) is 6.46. The minimum Gasteiger partial charge on any atom is -0.314 e. The van der Waals surface area contributed by atoms with Crippen molar-refractivity contribution in [1.82, 2.24) is 19.7 Å². The predicted molar refractivity (Wildman–Crippen MR) is 70.0 cm³/mol. The Kier molecular flexibility index (Phi) is 3.11. The zero-order valence-electron chi connectivity index (χ0n) is 10.7. The monoisotopic (exact) mass is 242 g/mol. The fourth-order valence-corrected chi connectivity index (χ4v) is 2.52. The average molecular weight is 242 g/mol. The van der Waals surface area contributed by atoms with E-state index in [0.29, 0.717) is 0 Å². The largest absolute Gasteiger partial charge is 0.314 e. The lowest BCUT2D eigenvalue weighted by Crippen LogP contribution is -2.20. The molecular formula is C14H18N4. The zero-order valence-corrected chi connectivity index (χ0v) is 10.7. The lowest BCUT2D eigenvalue weighted by atomic mass is 10.2. The van der Waals surface area contributed by atoms with Gasteiger partial charge in [-0.25, -0.2) is 0 Å². The van der Waals surface area contributed by atoms with Gasteiger partial charge < -0.3 is 4.57 Å². The molecule has 2 heterocycles. The van der Waals surface area contributed by atoms with Crippen LogP contribution in [0.2, 0.25) is 0 Å². The Morgan fingerprint density at radius 1 is 1.17 bits per heavy atom. The van der Waals surface area contributed by atoms with E-state index in [1.54, 1.807) is 0 Å². The summed E-state index contributed by atoms with van der Waals surface area (Å²) in [6.07, 6.45) is 2.29. The summed E-state index contributed by atoms with van der Waals surface area (Å²) in [7, 11) is 2.13. The number of hydrogen-bond donors (Lipinski definition) is 0. The predicted octanol–water partition coefficient (Wildman–Crippen LogP) is 1.86. The standard InChI is InChI=1S/C14H18N4/c1-17(10-12-6-3-2-4-7-12)11-14-16-15-13-8-5-9-18(13)14/h2-4,6-7H,5,8-11H2,1H3. The summed E-state index contributed by atoms with van der Waals surface area (Å²) < 4.78 is 2.27. The second-order valence-electron chi connectivity index (χ2n) is 4.95. The molecule has 1 aromatic heterocycles. The van der Waals surface area contributed by atoms with Gasteiger partial charge in [-0.15, -0.1) is 10.2 Å². The smallest absolute Gasteiger partial charge is 0.147 e. The number of aryl methyl sites for hydroxylation is 1. The third-order valence-corrected chi connectivity index (χ3v) is 3.39. The van der Waals surface area contributed by atoms with E-state index in [1.807, 2.05) is 0 Å². The first-order chi connectivity index (χ1) is 8.83. The van der Waals surface area contributed by atoms with E-state index in [1.165, 1.54) is 12.0 Å². The van der Waals surface area contributed by atoms with Gasteiger partial charge in [-0.3, -0.25) is 4.90 Å². The second-order valence-corrected chi connectivity index (χ2v) is 4.95. The van der Waals surface area contributed by atoms with Gasteiger partial charge in [0.2, 0.25) is 0 Å². The van der Waals surface area contributed by atoms with Crippen molar-refractivity contribution in [2.24, 2.45) is 0 Å². The highest BCUT2D eigenvalue weighted by Crippen LogP contribution is 2.15. The van der Waals surface area contributed by atoms with Crippen LogP contribution in [0, 0.1) is 0 Å². The lowest BCUT2D eigenvalue weighted by molar-refractivity contribution is 0.305. The van der Waals surface area contributed by atoms with E-state index < -0.39 is 0 Å². The Bertz CT molecular complexity index is 518. The average Bonchev–Trinajstić information content (AvgIpc) is 2.95. The lowest BCUT2D eigenvalue weighted by Gasteiger charge is -2.16. The van der Waals surface area contributed by atoms with Crippen molar-refractivity contribution in [2.45, 2.75) is 32.5 Å². The van der Waals surface area contributed by atoms with Gasteiger partial charge in [-0.1, -0.05) is 30.3 Å². The van der Waals surface area contributed by atoms with E-state index in [4.69, 9.17) is 0 Å². The molecule has 0 bridgehead atoms. The minimum absolute atomic E-state index is 0.863. The van der Waals surface area contributed by atoms with Crippen LogP contribution in [0.5, 0.6) is 0 Å². The molecule has 2 aromatic rings. The molecule has 0 unspecified atom stereocenters. The number of rotatable bonds is 4. The van der Waals surface area contributed by atoms with Crippen LogP contribution in [0.3, 0.4) is 0 Å². The van der Waals surface area contributed by atoms with Gasteiger partial charge in [-0.2, -0.15) is 0 Å².